The molecule has 0 radical (unpaired) electrons. The number of carbonyl (C=O) groups is 4. The first-order valence-corrected chi connectivity index (χ1v) is 25.3. The molecule has 2 fully saturated rings. The molecule has 0 spiro atoms. The fourth-order valence-electron chi connectivity index (χ4n) is 9.27. The molecule has 396 valence electrons. The van der Waals surface area contributed by atoms with Crippen molar-refractivity contribution in [3.63, 3.8) is 0 Å². The van der Waals surface area contributed by atoms with Crippen LogP contribution in [0.2, 0.25) is 0 Å². The molecule has 0 bridgehead atoms. The van der Waals surface area contributed by atoms with E-state index in [1.165, 1.54) is 4.68 Å². The molecule has 2 saturated heterocycles. The van der Waals surface area contributed by atoms with Gasteiger partial charge in [-0.1, -0.05) is 36.4 Å². The van der Waals surface area contributed by atoms with Crippen LogP contribution in [0.4, 0.5) is 21.0 Å². The van der Waals surface area contributed by atoms with Crippen molar-refractivity contribution in [2.24, 2.45) is 11.5 Å². The Kier molecular flexibility index (Phi) is 15.2. The molecular formula is C56H64N12O8. The van der Waals surface area contributed by atoms with Gasteiger partial charge in [0.2, 0.25) is 0 Å². The zero-order valence-corrected chi connectivity index (χ0v) is 43.6. The number of fused-ring (bicyclic) bond motifs is 2. The lowest BCUT2D eigenvalue weighted by atomic mass is 10.0. The van der Waals surface area contributed by atoms with Gasteiger partial charge in [0.05, 0.1) is 28.8 Å². The zero-order chi connectivity index (χ0) is 53.7. The molecule has 7 aromatic rings. The third-order valence-corrected chi connectivity index (χ3v) is 12.8. The van der Waals surface area contributed by atoms with Gasteiger partial charge in [-0.25, -0.2) is 19.0 Å². The predicted octanol–water partition coefficient (Wildman–Crippen LogP) is 8.54. The van der Waals surface area contributed by atoms with E-state index in [2.05, 4.69) is 20.1 Å². The monoisotopic (exact) mass is 1030 g/mol. The standard InChI is InChI=1S/C28H34N6O4.C28H30N6O4/c2*1-28(2,3)38-27(36)33-17-15-32(16-18-33)22-13-14-30-24-23(22)31-34(25(24)26(29)35)19-9-11-21(12-10-19)37-20-7-5-4-6-8-20/h4-12,22,30H,13-18H2,1-3H3,(H2,29,35);4-14H,15-18H2,1-3H3,(H2,29,35)/t22-;/m0./s1. The molecule has 3 aliphatic rings. The van der Waals surface area contributed by atoms with Crippen molar-refractivity contribution in [1.29, 1.82) is 0 Å². The Morgan fingerprint density at radius 1 is 0.553 bits per heavy atom. The van der Waals surface area contributed by atoms with Gasteiger partial charge in [-0.15, -0.1) is 0 Å². The number of benzene rings is 4. The number of hydrogen-bond donors (Lipinski definition) is 3. The summed E-state index contributed by atoms with van der Waals surface area (Å²) in [6.45, 7) is 16.6. The largest absolute Gasteiger partial charge is 0.457 e. The van der Waals surface area contributed by atoms with E-state index >= 15 is 0 Å². The average Bonchev–Trinajstić information content (AvgIpc) is 4.01. The number of para-hydroxylation sites is 2. The van der Waals surface area contributed by atoms with Crippen molar-refractivity contribution < 1.29 is 38.1 Å². The molecule has 4 amide bonds. The van der Waals surface area contributed by atoms with Gasteiger partial charge in [0.1, 0.15) is 50.9 Å². The second-order valence-electron chi connectivity index (χ2n) is 20.5. The minimum atomic E-state index is -0.628. The maximum absolute atomic E-state index is 12.6. The lowest BCUT2D eigenvalue weighted by molar-refractivity contribution is 0.00945. The highest BCUT2D eigenvalue weighted by molar-refractivity contribution is 6.06. The van der Waals surface area contributed by atoms with E-state index in [9.17, 15) is 19.2 Å². The number of primary amides is 2. The van der Waals surface area contributed by atoms with Gasteiger partial charge in [0, 0.05) is 65.1 Å². The third-order valence-electron chi connectivity index (χ3n) is 12.8. The minimum absolute atomic E-state index is 0.00655. The first-order valence-electron chi connectivity index (χ1n) is 25.3. The number of rotatable bonds is 10. The zero-order valence-electron chi connectivity index (χ0n) is 43.6. The van der Waals surface area contributed by atoms with Crippen LogP contribution in [0.5, 0.6) is 23.0 Å². The molecule has 20 heteroatoms. The molecule has 3 aromatic heterocycles. The predicted molar refractivity (Wildman–Crippen MR) is 288 cm³/mol. The lowest BCUT2D eigenvalue weighted by Crippen LogP contribution is -2.51. The summed E-state index contributed by atoms with van der Waals surface area (Å²) in [5, 5.41) is 13.0. The van der Waals surface area contributed by atoms with Crippen LogP contribution in [0.15, 0.2) is 121 Å². The van der Waals surface area contributed by atoms with E-state index in [4.69, 9.17) is 40.6 Å². The third kappa shape index (κ3) is 12.1. The second-order valence-corrected chi connectivity index (χ2v) is 20.5. The van der Waals surface area contributed by atoms with Crippen LogP contribution in [0.25, 0.3) is 22.4 Å². The highest BCUT2D eigenvalue weighted by atomic mass is 16.6. The van der Waals surface area contributed by atoms with E-state index in [0.29, 0.717) is 104 Å². The molecule has 3 aliphatic heterocycles. The SMILES string of the molecule is CC(C)(C)OC(=O)N1CCN([C@H]2CCNc3c2nn(-c2ccc(Oc4ccccc4)cc2)c3C(N)=O)CC1.CC(C)(C)OC(=O)N1CCN(c2ccnc3c(C(N)=O)n(-c4ccc(Oc5ccccc5)cc4)nc23)CC1. The number of aromatic nitrogens is 5. The van der Waals surface area contributed by atoms with Gasteiger partial charge >= 0.3 is 12.2 Å². The Morgan fingerprint density at radius 3 is 1.49 bits per heavy atom. The van der Waals surface area contributed by atoms with Crippen LogP contribution in [-0.2, 0) is 9.47 Å². The maximum atomic E-state index is 12.6. The Hall–Kier alpha value is -8.65. The number of pyridine rings is 1. The van der Waals surface area contributed by atoms with Crippen molar-refractivity contribution in [2.75, 3.05) is 69.1 Å². The van der Waals surface area contributed by atoms with E-state index in [1.54, 1.807) is 20.7 Å². The Labute approximate surface area is 441 Å². The average molecular weight is 1030 g/mol. The number of nitrogens with zero attached hydrogens (tertiary/aromatic N) is 9. The van der Waals surface area contributed by atoms with Crippen LogP contribution >= 0.6 is 0 Å². The number of nitrogens with two attached hydrogens (primary N) is 2. The van der Waals surface area contributed by atoms with E-state index in [-0.39, 0.29) is 23.9 Å². The molecular weight excluding hydrogens is 969 g/mol. The normalized spacial score (nSPS) is 15.9. The summed E-state index contributed by atoms with van der Waals surface area (Å²) in [6.07, 6.45) is 1.87. The van der Waals surface area contributed by atoms with Crippen LogP contribution in [0.1, 0.15) is 80.7 Å². The summed E-state index contributed by atoms with van der Waals surface area (Å²) in [5.41, 5.74) is 15.7. The van der Waals surface area contributed by atoms with Crippen molar-refractivity contribution >= 4 is 46.4 Å². The number of hydrogen-bond acceptors (Lipinski definition) is 14. The Morgan fingerprint density at radius 2 is 1.01 bits per heavy atom. The molecule has 1 atom stereocenters. The lowest BCUT2D eigenvalue weighted by Gasteiger charge is -2.40. The van der Waals surface area contributed by atoms with Crippen molar-refractivity contribution in [2.45, 2.75) is 65.2 Å². The summed E-state index contributed by atoms with van der Waals surface area (Å²) in [5.74, 6) is 1.62. The smallest absolute Gasteiger partial charge is 0.410 e. The Bertz CT molecular complexity index is 3170. The molecule has 20 nitrogen and oxygen atoms in total. The minimum Gasteiger partial charge on any atom is -0.457 e. The number of carbonyl (C=O) groups excluding carboxylic acids is 4. The summed E-state index contributed by atoms with van der Waals surface area (Å²) < 4.78 is 26.0. The highest BCUT2D eigenvalue weighted by Crippen LogP contribution is 2.38. The quantitative estimate of drug-likeness (QED) is 0.117. The number of amides is 4. The van der Waals surface area contributed by atoms with Gasteiger partial charge in [-0.05, 0) is 127 Å². The molecule has 4 aromatic carbocycles. The summed E-state index contributed by atoms with van der Waals surface area (Å²) in [7, 11) is 0. The fourth-order valence-corrected chi connectivity index (χ4v) is 9.27. The molecule has 76 heavy (non-hydrogen) atoms. The molecule has 0 aliphatic carbocycles. The van der Waals surface area contributed by atoms with E-state index in [1.807, 2.05) is 157 Å². The van der Waals surface area contributed by atoms with Crippen molar-refractivity contribution in [1.82, 2.24) is 39.2 Å². The van der Waals surface area contributed by atoms with Crippen molar-refractivity contribution in [3.8, 4) is 34.4 Å². The van der Waals surface area contributed by atoms with Gasteiger partial charge in [0.15, 0.2) is 11.4 Å². The summed E-state index contributed by atoms with van der Waals surface area (Å²) in [4.78, 5) is 62.4. The highest BCUT2D eigenvalue weighted by Gasteiger charge is 2.37. The van der Waals surface area contributed by atoms with E-state index in [0.717, 1.165) is 29.3 Å². The summed E-state index contributed by atoms with van der Waals surface area (Å²) >= 11 is 0. The number of nitrogens with one attached hydrogen (secondary N) is 1. The molecule has 5 N–H and O–H groups in total. The number of anilines is 2. The van der Waals surface area contributed by atoms with Crippen LogP contribution in [-0.4, -0.2) is 133 Å². The van der Waals surface area contributed by atoms with Gasteiger partial charge in [-0.2, -0.15) is 10.2 Å². The maximum Gasteiger partial charge on any atom is 0.410 e. The van der Waals surface area contributed by atoms with Gasteiger partial charge in [0.25, 0.3) is 11.8 Å². The number of ether oxygens (including phenoxy) is 4. The first-order chi connectivity index (χ1) is 36.4. The van der Waals surface area contributed by atoms with Crippen molar-refractivity contribution in [3.05, 3.63) is 139 Å². The molecule has 0 unspecified atom stereocenters. The molecule has 0 saturated carbocycles. The van der Waals surface area contributed by atoms with Gasteiger partial charge < -0.3 is 50.4 Å². The van der Waals surface area contributed by atoms with Crippen LogP contribution < -0.4 is 31.2 Å². The van der Waals surface area contributed by atoms with Gasteiger partial charge in [-0.3, -0.25) is 19.5 Å². The fraction of sp³-hybridized carbons (Fsp3) is 0.339. The van der Waals surface area contributed by atoms with E-state index < -0.39 is 23.0 Å². The summed E-state index contributed by atoms with van der Waals surface area (Å²) in [6, 6.07) is 35.5. The van der Waals surface area contributed by atoms with Crippen LogP contribution in [0, 0.1) is 0 Å². The molecule has 6 heterocycles. The molecule has 10 rings (SSSR count). The topological polar surface area (TPSA) is 231 Å². The van der Waals surface area contributed by atoms with Crippen LogP contribution in [0.3, 0.4) is 0 Å². The first kappa shape index (κ1) is 52.2. The second kappa shape index (κ2) is 22.1. The number of piperazine rings is 2. The Balaban J connectivity index is 0.000000186.